The summed E-state index contributed by atoms with van der Waals surface area (Å²) in [6.07, 6.45) is 0. The van der Waals surface area contributed by atoms with Crippen LogP contribution in [0.1, 0.15) is 31.2 Å². The van der Waals surface area contributed by atoms with Gasteiger partial charge in [-0.3, -0.25) is 0 Å². The second kappa shape index (κ2) is 6.25. The van der Waals surface area contributed by atoms with E-state index in [1.807, 2.05) is 18.4 Å². The highest BCUT2D eigenvalue weighted by molar-refractivity contribution is 7.19. The Labute approximate surface area is 126 Å². The first kappa shape index (κ1) is 15.5. The minimum Gasteiger partial charge on any atom is -0.315 e. The quantitative estimate of drug-likeness (QED) is 0.892. The SMILES string of the molecule is CNCc1sc2ccccc2c1CN(C)CC(C)(C)C. The lowest BCUT2D eigenvalue weighted by atomic mass is 9.96. The fourth-order valence-corrected chi connectivity index (χ4v) is 3.99. The van der Waals surface area contributed by atoms with E-state index in [-0.39, 0.29) is 0 Å². The Morgan fingerprint density at radius 1 is 1.20 bits per heavy atom. The van der Waals surface area contributed by atoms with E-state index in [1.54, 1.807) is 0 Å². The largest absolute Gasteiger partial charge is 0.315 e. The van der Waals surface area contributed by atoms with E-state index >= 15 is 0 Å². The van der Waals surface area contributed by atoms with Crippen molar-refractivity contribution in [3.63, 3.8) is 0 Å². The van der Waals surface area contributed by atoms with Crippen molar-refractivity contribution in [3.05, 3.63) is 34.7 Å². The lowest BCUT2D eigenvalue weighted by Gasteiger charge is -2.26. The number of fused-ring (bicyclic) bond motifs is 1. The fraction of sp³-hybridized carbons (Fsp3) is 0.529. The van der Waals surface area contributed by atoms with Crippen LogP contribution in [0.5, 0.6) is 0 Å². The average Bonchev–Trinajstić information content (AvgIpc) is 2.66. The van der Waals surface area contributed by atoms with Crippen LogP contribution in [-0.2, 0) is 13.1 Å². The van der Waals surface area contributed by atoms with Gasteiger partial charge < -0.3 is 10.2 Å². The van der Waals surface area contributed by atoms with Gasteiger partial charge in [-0.2, -0.15) is 0 Å². The van der Waals surface area contributed by atoms with E-state index in [1.165, 1.54) is 20.5 Å². The molecule has 1 heterocycles. The topological polar surface area (TPSA) is 15.3 Å². The lowest BCUT2D eigenvalue weighted by molar-refractivity contribution is 0.221. The van der Waals surface area contributed by atoms with Gasteiger partial charge in [0, 0.05) is 29.2 Å². The number of benzene rings is 1. The molecular formula is C17H26N2S. The molecule has 0 spiro atoms. The van der Waals surface area contributed by atoms with Gasteiger partial charge >= 0.3 is 0 Å². The highest BCUT2D eigenvalue weighted by Gasteiger charge is 2.17. The van der Waals surface area contributed by atoms with Gasteiger partial charge in [-0.05, 0) is 36.5 Å². The number of hydrogen-bond acceptors (Lipinski definition) is 3. The molecule has 0 saturated heterocycles. The number of hydrogen-bond donors (Lipinski definition) is 1. The Balaban J connectivity index is 2.29. The standard InChI is InChI=1S/C17H26N2S/c1-17(2,3)12-19(5)11-14-13-8-6-7-9-15(13)20-16(14)10-18-4/h6-9,18H,10-12H2,1-5H3. The van der Waals surface area contributed by atoms with Crippen LogP contribution in [-0.4, -0.2) is 25.5 Å². The van der Waals surface area contributed by atoms with Gasteiger partial charge in [-0.1, -0.05) is 39.0 Å². The average molecular weight is 290 g/mol. The van der Waals surface area contributed by atoms with Crippen molar-refractivity contribution in [2.45, 2.75) is 33.9 Å². The molecule has 0 aliphatic carbocycles. The van der Waals surface area contributed by atoms with Crippen molar-refractivity contribution in [2.75, 3.05) is 20.6 Å². The number of nitrogens with zero attached hydrogens (tertiary/aromatic N) is 1. The molecule has 0 radical (unpaired) electrons. The van der Waals surface area contributed by atoms with Crippen LogP contribution in [0.2, 0.25) is 0 Å². The monoisotopic (exact) mass is 290 g/mol. The second-order valence-electron chi connectivity index (χ2n) is 6.76. The summed E-state index contributed by atoms with van der Waals surface area (Å²) in [4.78, 5) is 3.91. The molecule has 1 N–H and O–H groups in total. The van der Waals surface area contributed by atoms with Crippen molar-refractivity contribution in [3.8, 4) is 0 Å². The number of thiophene rings is 1. The molecular weight excluding hydrogens is 264 g/mol. The van der Waals surface area contributed by atoms with Gasteiger partial charge in [-0.25, -0.2) is 0 Å². The molecule has 0 unspecified atom stereocenters. The predicted molar refractivity (Wildman–Crippen MR) is 90.4 cm³/mol. The van der Waals surface area contributed by atoms with Gasteiger partial charge in [-0.15, -0.1) is 11.3 Å². The van der Waals surface area contributed by atoms with Crippen LogP contribution in [0.3, 0.4) is 0 Å². The van der Waals surface area contributed by atoms with Gasteiger partial charge in [0.1, 0.15) is 0 Å². The van der Waals surface area contributed by atoms with Crippen molar-refractivity contribution in [1.82, 2.24) is 10.2 Å². The summed E-state index contributed by atoms with van der Waals surface area (Å²) in [6.45, 7) is 9.98. The summed E-state index contributed by atoms with van der Waals surface area (Å²) in [5, 5.41) is 4.72. The van der Waals surface area contributed by atoms with Crippen molar-refractivity contribution in [2.24, 2.45) is 5.41 Å². The van der Waals surface area contributed by atoms with Crippen LogP contribution >= 0.6 is 11.3 Å². The number of rotatable bonds is 5. The van der Waals surface area contributed by atoms with Crippen LogP contribution in [0.15, 0.2) is 24.3 Å². The highest BCUT2D eigenvalue weighted by Crippen LogP contribution is 2.32. The molecule has 0 fully saturated rings. The summed E-state index contributed by atoms with van der Waals surface area (Å²) in [5.41, 5.74) is 1.83. The van der Waals surface area contributed by atoms with E-state index in [0.29, 0.717) is 5.41 Å². The zero-order valence-corrected chi connectivity index (χ0v) is 14.1. The van der Waals surface area contributed by atoms with Crippen LogP contribution < -0.4 is 5.32 Å². The highest BCUT2D eigenvalue weighted by atomic mass is 32.1. The second-order valence-corrected chi connectivity index (χ2v) is 7.90. The normalized spacial score (nSPS) is 12.5. The molecule has 0 saturated carbocycles. The predicted octanol–water partition coefficient (Wildman–Crippen LogP) is 4.10. The Hall–Kier alpha value is -0.900. The number of nitrogens with one attached hydrogen (secondary N) is 1. The zero-order valence-electron chi connectivity index (χ0n) is 13.3. The third-order valence-electron chi connectivity index (χ3n) is 3.29. The molecule has 3 heteroatoms. The molecule has 2 nitrogen and oxygen atoms in total. The fourth-order valence-electron chi connectivity index (χ4n) is 2.76. The van der Waals surface area contributed by atoms with E-state index < -0.39 is 0 Å². The third-order valence-corrected chi connectivity index (χ3v) is 4.50. The summed E-state index contributed by atoms with van der Waals surface area (Å²) >= 11 is 1.92. The molecule has 0 amide bonds. The summed E-state index contributed by atoms with van der Waals surface area (Å²) in [5.74, 6) is 0. The van der Waals surface area contributed by atoms with E-state index in [2.05, 4.69) is 62.3 Å². The molecule has 0 bridgehead atoms. The maximum atomic E-state index is 3.30. The smallest absolute Gasteiger partial charge is 0.0349 e. The minimum atomic E-state index is 0.337. The molecule has 1 aromatic heterocycles. The molecule has 0 atom stereocenters. The first-order valence-corrected chi connectivity index (χ1v) is 8.05. The third kappa shape index (κ3) is 3.81. The van der Waals surface area contributed by atoms with Crippen molar-refractivity contribution < 1.29 is 0 Å². The van der Waals surface area contributed by atoms with Crippen LogP contribution in [0, 0.1) is 5.41 Å². The summed E-state index contributed by atoms with van der Waals surface area (Å²) in [6, 6.07) is 8.76. The lowest BCUT2D eigenvalue weighted by Crippen LogP contribution is -2.29. The summed E-state index contributed by atoms with van der Waals surface area (Å²) in [7, 11) is 4.24. The van der Waals surface area contributed by atoms with Crippen LogP contribution in [0.25, 0.3) is 10.1 Å². The molecule has 20 heavy (non-hydrogen) atoms. The maximum Gasteiger partial charge on any atom is 0.0349 e. The maximum absolute atomic E-state index is 3.30. The summed E-state index contributed by atoms with van der Waals surface area (Å²) < 4.78 is 1.40. The molecule has 1 aromatic carbocycles. The van der Waals surface area contributed by atoms with Gasteiger partial charge in [0.2, 0.25) is 0 Å². The van der Waals surface area contributed by atoms with Gasteiger partial charge in [0.15, 0.2) is 0 Å². The first-order valence-electron chi connectivity index (χ1n) is 7.23. The van der Waals surface area contributed by atoms with Gasteiger partial charge in [0.05, 0.1) is 0 Å². The molecule has 2 rings (SSSR count). The molecule has 2 aromatic rings. The minimum absolute atomic E-state index is 0.337. The van der Waals surface area contributed by atoms with E-state index in [4.69, 9.17) is 0 Å². The molecule has 110 valence electrons. The Morgan fingerprint density at radius 3 is 2.55 bits per heavy atom. The van der Waals surface area contributed by atoms with E-state index in [0.717, 1.165) is 19.6 Å². The van der Waals surface area contributed by atoms with Gasteiger partial charge in [0.25, 0.3) is 0 Å². The first-order chi connectivity index (χ1) is 9.40. The van der Waals surface area contributed by atoms with Crippen molar-refractivity contribution >= 4 is 21.4 Å². The molecule has 0 aliphatic rings. The molecule has 0 aliphatic heterocycles. The van der Waals surface area contributed by atoms with E-state index in [9.17, 15) is 0 Å². The Bertz CT molecular complexity index is 566. The van der Waals surface area contributed by atoms with Crippen LogP contribution in [0.4, 0.5) is 0 Å². The van der Waals surface area contributed by atoms with Crippen molar-refractivity contribution in [1.29, 1.82) is 0 Å². The Kier molecular flexibility index (Phi) is 4.84. The zero-order chi connectivity index (χ0) is 14.8. The Morgan fingerprint density at radius 2 is 1.90 bits per heavy atom.